The maximum Gasteiger partial charge on any atom is 0.257 e. The Morgan fingerprint density at radius 2 is 1.81 bits per heavy atom. The number of amides is 2. The highest BCUT2D eigenvalue weighted by molar-refractivity contribution is 5.99. The molecule has 1 aliphatic heterocycles. The molecule has 1 unspecified atom stereocenters. The summed E-state index contributed by atoms with van der Waals surface area (Å²) >= 11 is 0. The SMILES string of the molecule is CC(=O)N1CCN(C(=O)c2cnc(N)nc2-c2ccccc2)CC(O)C1. The summed E-state index contributed by atoms with van der Waals surface area (Å²) in [6.07, 6.45) is 0.604. The Kier molecular flexibility index (Phi) is 5.13. The molecule has 1 saturated heterocycles. The molecular weight excluding hydrogens is 334 g/mol. The molecule has 0 bridgehead atoms. The summed E-state index contributed by atoms with van der Waals surface area (Å²) in [6, 6.07) is 9.25. The number of carbonyl (C=O) groups is 2. The predicted octanol–water partition coefficient (Wildman–Crippen LogP) is 0.391. The first kappa shape index (κ1) is 17.8. The number of aromatic nitrogens is 2. The third-order valence-corrected chi connectivity index (χ3v) is 4.32. The van der Waals surface area contributed by atoms with Gasteiger partial charge in [-0.25, -0.2) is 9.97 Å². The highest BCUT2D eigenvalue weighted by Gasteiger charge is 2.28. The van der Waals surface area contributed by atoms with E-state index in [0.29, 0.717) is 24.3 Å². The van der Waals surface area contributed by atoms with Crippen LogP contribution >= 0.6 is 0 Å². The fraction of sp³-hybridized carbons (Fsp3) is 0.333. The van der Waals surface area contributed by atoms with Crippen molar-refractivity contribution in [2.24, 2.45) is 0 Å². The van der Waals surface area contributed by atoms with Crippen molar-refractivity contribution in [1.82, 2.24) is 19.8 Å². The zero-order valence-corrected chi connectivity index (χ0v) is 14.5. The minimum Gasteiger partial charge on any atom is -0.389 e. The van der Waals surface area contributed by atoms with Crippen molar-refractivity contribution >= 4 is 17.8 Å². The van der Waals surface area contributed by atoms with E-state index in [0.717, 1.165) is 5.56 Å². The zero-order valence-electron chi connectivity index (χ0n) is 14.5. The Morgan fingerprint density at radius 3 is 2.50 bits per heavy atom. The maximum absolute atomic E-state index is 13.1. The molecule has 1 atom stereocenters. The molecule has 2 heterocycles. The highest BCUT2D eigenvalue weighted by atomic mass is 16.3. The van der Waals surface area contributed by atoms with Crippen LogP contribution in [0.5, 0.6) is 0 Å². The summed E-state index contributed by atoms with van der Waals surface area (Å²) in [5, 5.41) is 10.2. The number of benzene rings is 1. The van der Waals surface area contributed by atoms with Crippen LogP contribution in [0.1, 0.15) is 17.3 Å². The first-order valence-electron chi connectivity index (χ1n) is 8.36. The van der Waals surface area contributed by atoms with Crippen LogP contribution in [0.25, 0.3) is 11.3 Å². The van der Waals surface area contributed by atoms with Gasteiger partial charge < -0.3 is 20.6 Å². The predicted molar refractivity (Wildman–Crippen MR) is 96.0 cm³/mol. The number of nitrogens with zero attached hydrogens (tertiary/aromatic N) is 4. The molecule has 0 spiro atoms. The third kappa shape index (κ3) is 3.80. The number of aliphatic hydroxyl groups is 1. The van der Waals surface area contributed by atoms with E-state index in [-0.39, 0.29) is 30.9 Å². The molecule has 1 fully saturated rings. The van der Waals surface area contributed by atoms with Crippen LogP contribution < -0.4 is 5.73 Å². The van der Waals surface area contributed by atoms with Crippen LogP contribution in [-0.4, -0.2) is 69.0 Å². The van der Waals surface area contributed by atoms with E-state index < -0.39 is 6.10 Å². The van der Waals surface area contributed by atoms with Gasteiger partial charge in [-0.05, 0) is 0 Å². The van der Waals surface area contributed by atoms with Crippen LogP contribution in [-0.2, 0) is 4.79 Å². The summed E-state index contributed by atoms with van der Waals surface area (Å²) in [7, 11) is 0. The monoisotopic (exact) mass is 355 g/mol. The lowest BCUT2D eigenvalue weighted by Gasteiger charge is -2.22. The van der Waals surface area contributed by atoms with Gasteiger partial charge in [0.05, 0.1) is 17.4 Å². The maximum atomic E-state index is 13.1. The average Bonchev–Trinajstić information content (AvgIpc) is 2.83. The topological polar surface area (TPSA) is 113 Å². The fourth-order valence-corrected chi connectivity index (χ4v) is 3.00. The van der Waals surface area contributed by atoms with Crippen LogP contribution in [0, 0.1) is 0 Å². The normalized spacial score (nSPS) is 17.7. The van der Waals surface area contributed by atoms with E-state index in [1.54, 1.807) is 0 Å². The number of β-amino-alcohol motifs (C(OH)–C–C–N with tert-alkyl or cyclic N) is 1. The Hall–Kier alpha value is -3.00. The lowest BCUT2D eigenvalue weighted by Crippen LogP contribution is -2.38. The second-order valence-electron chi connectivity index (χ2n) is 6.23. The minimum atomic E-state index is -0.805. The second-order valence-corrected chi connectivity index (χ2v) is 6.23. The molecule has 2 aromatic rings. The lowest BCUT2D eigenvalue weighted by molar-refractivity contribution is -0.129. The van der Waals surface area contributed by atoms with Gasteiger partial charge in [0.1, 0.15) is 0 Å². The quantitative estimate of drug-likeness (QED) is 0.806. The molecular formula is C18H21N5O3. The van der Waals surface area contributed by atoms with Gasteiger partial charge in [0.2, 0.25) is 11.9 Å². The molecule has 3 rings (SSSR count). The Labute approximate surface area is 151 Å². The number of nitrogen functional groups attached to an aromatic ring is 1. The number of nitrogens with two attached hydrogens (primary N) is 1. The van der Waals surface area contributed by atoms with Crippen LogP contribution in [0.4, 0.5) is 5.95 Å². The first-order chi connectivity index (χ1) is 12.5. The van der Waals surface area contributed by atoms with Crippen LogP contribution in [0.15, 0.2) is 36.5 Å². The van der Waals surface area contributed by atoms with E-state index >= 15 is 0 Å². The van der Waals surface area contributed by atoms with Gasteiger partial charge >= 0.3 is 0 Å². The van der Waals surface area contributed by atoms with Crippen molar-refractivity contribution in [3.8, 4) is 11.3 Å². The number of carbonyl (C=O) groups excluding carboxylic acids is 2. The summed E-state index contributed by atoms with van der Waals surface area (Å²) in [5.74, 6) is -0.341. The third-order valence-electron chi connectivity index (χ3n) is 4.32. The molecule has 0 radical (unpaired) electrons. The van der Waals surface area contributed by atoms with Gasteiger partial charge in [0.15, 0.2) is 0 Å². The Bertz CT molecular complexity index is 812. The van der Waals surface area contributed by atoms with Crippen LogP contribution in [0.3, 0.4) is 0 Å². The largest absolute Gasteiger partial charge is 0.389 e. The molecule has 0 saturated carbocycles. The fourth-order valence-electron chi connectivity index (χ4n) is 3.00. The molecule has 8 heteroatoms. The van der Waals surface area contributed by atoms with Gasteiger partial charge in [0.25, 0.3) is 5.91 Å². The summed E-state index contributed by atoms with van der Waals surface area (Å²) in [5.41, 5.74) is 7.23. The molecule has 2 amide bonds. The first-order valence-corrected chi connectivity index (χ1v) is 8.36. The summed E-state index contributed by atoms with van der Waals surface area (Å²) < 4.78 is 0. The summed E-state index contributed by atoms with van der Waals surface area (Å²) in [4.78, 5) is 35.9. The van der Waals surface area contributed by atoms with Crippen molar-refractivity contribution < 1.29 is 14.7 Å². The molecule has 1 aromatic heterocycles. The number of rotatable bonds is 2. The summed E-state index contributed by atoms with van der Waals surface area (Å²) in [6.45, 7) is 2.50. The van der Waals surface area contributed by atoms with Crippen molar-refractivity contribution in [1.29, 1.82) is 0 Å². The van der Waals surface area contributed by atoms with Gasteiger partial charge in [-0.1, -0.05) is 30.3 Å². The standard InChI is InChI=1S/C18H21N5O3/c1-12(24)22-7-8-23(11-14(25)10-22)17(26)15-9-20-18(19)21-16(15)13-5-3-2-4-6-13/h2-6,9,14,25H,7-8,10-11H2,1H3,(H2,19,20,21). The number of aliphatic hydroxyl groups excluding tert-OH is 1. The second kappa shape index (κ2) is 7.49. The van der Waals surface area contributed by atoms with Gasteiger partial charge in [-0.2, -0.15) is 0 Å². The number of hydrogen-bond acceptors (Lipinski definition) is 6. The van der Waals surface area contributed by atoms with Crippen molar-refractivity contribution in [2.75, 3.05) is 31.9 Å². The van der Waals surface area contributed by atoms with Gasteiger partial charge in [-0.15, -0.1) is 0 Å². The molecule has 136 valence electrons. The zero-order chi connectivity index (χ0) is 18.7. The minimum absolute atomic E-state index is 0.0825. The van der Waals surface area contributed by atoms with Crippen LogP contribution in [0.2, 0.25) is 0 Å². The van der Waals surface area contributed by atoms with Crippen molar-refractivity contribution in [3.05, 3.63) is 42.1 Å². The molecule has 1 aromatic carbocycles. The van der Waals surface area contributed by atoms with Crippen molar-refractivity contribution in [3.63, 3.8) is 0 Å². The van der Waals surface area contributed by atoms with E-state index in [1.165, 1.54) is 22.9 Å². The molecule has 1 aliphatic rings. The Morgan fingerprint density at radius 1 is 1.15 bits per heavy atom. The smallest absolute Gasteiger partial charge is 0.257 e. The molecule has 26 heavy (non-hydrogen) atoms. The Balaban J connectivity index is 1.92. The molecule has 3 N–H and O–H groups in total. The average molecular weight is 355 g/mol. The van der Waals surface area contributed by atoms with E-state index in [9.17, 15) is 14.7 Å². The van der Waals surface area contributed by atoms with E-state index in [1.807, 2.05) is 30.3 Å². The van der Waals surface area contributed by atoms with Gasteiger partial charge in [0, 0.05) is 44.9 Å². The molecule has 0 aliphatic carbocycles. The van der Waals surface area contributed by atoms with E-state index in [2.05, 4.69) is 9.97 Å². The number of anilines is 1. The molecule has 8 nitrogen and oxygen atoms in total. The van der Waals surface area contributed by atoms with Gasteiger partial charge in [-0.3, -0.25) is 9.59 Å². The number of hydrogen-bond donors (Lipinski definition) is 2. The lowest BCUT2D eigenvalue weighted by atomic mass is 10.1. The van der Waals surface area contributed by atoms with Crippen molar-refractivity contribution in [2.45, 2.75) is 13.0 Å². The van der Waals surface area contributed by atoms with E-state index in [4.69, 9.17) is 5.73 Å². The highest BCUT2D eigenvalue weighted by Crippen LogP contribution is 2.23.